The van der Waals surface area contributed by atoms with E-state index in [1.54, 1.807) is 18.4 Å². The van der Waals surface area contributed by atoms with Crippen LogP contribution in [0.1, 0.15) is 25.0 Å². The van der Waals surface area contributed by atoms with Crippen molar-refractivity contribution in [2.45, 2.75) is 20.3 Å². The van der Waals surface area contributed by atoms with Crippen molar-refractivity contribution in [3.05, 3.63) is 94.1 Å². The van der Waals surface area contributed by atoms with Gasteiger partial charge in [-0.1, -0.05) is 49.4 Å². The number of hydrogen-bond donors (Lipinski definition) is 0. The van der Waals surface area contributed by atoms with E-state index in [1.807, 2.05) is 66.3 Å². The first-order valence-corrected chi connectivity index (χ1v) is 11.8. The minimum absolute atomic E-state index is 0.599. The molecule has 0 atom stereocenters. The van der Waals surface area contributed by atoms with E-state index in [4.69, 9.17) is 19.6 Å². The van der Waals surface area contributed by atoms with Gasteiger partial charge in [-0.2, -0.15) is 5.10 Å². The molecule has 6 heteroatoms. The Morgan fingerprint density at radius 1 is 0.970 bits per heavy atom. The second kappa shape index (κ2) is 10.8. The number of para-hydroxylation sites is 1. The molecule has 0 aliphatic rings. The zero-order chi connectivity index (χ0) is 23.0. The summed E-state index contributed by atoms with van der Waals surface area (Å²) >= 11 is 1.55. The number of rotatable bonds is 8. The van der Waals surface area contributed by atoms with Crippen LogP contribution in [0.25, 0.3) is 11.3 Å². The summed E-state index contributed by atoms with van der Waals surface area (Å²) in [6, 6.07) is 24.2. The lowest BCUT2D eigenvalue weighted by molar-refractivity contribution is 0.340. The van der Waals surface area contributed by atoms with Crippen molar-refractivity contribution in [3.8, 4) is 22.8 Å². The Kier molecular flexibility index (Phi) is 7.37. The van der Waals surface area contributed by atoms with Gasteiger partial charge in [0.1, 0.15) is 11.5 Å². The number of aromatic nitrogens is 1. The molecule has 1 aromatic heterocycles. The van der Waals surface area contributed by atoms with Gasteiger partial charge >= 0.3 is 0 Å². The molecule has 168 valence electrons. The predicted molar refractivity (Wildman–Crippen MR) is 136 cm³/mol. The molecule has 3 aromatic carbocycles. The fourth-order valence-electron chi connectivity index (χ4n) is 3.38. The van der Waals surface area contributed by atoms with Gasteiger partial charge in [0, 0.05) is 22.6 Å². The number of hydrogen-bond acceptors (Lipinski definition) is 5. The summed E-state index contributed by atoms with van der Waals surface area (Å²) in [6.45, 7) is 4.73. The Morgan fingerprint density at radius 3 is 2.55 bits per heavy atom. The minimum Gasteiger partial charge on any atom is -0.497 e. The molecule has 0 aliphatic heterocycles. The summed E-state index contributed by atoms with van der Waals surface area (Å²) in [5.41, 5.74) is 5.09. The molecule has 0 unspecified atom stereocenters. The van der Waals surface area contributed by atoms with Crippen LogP contribution in [0.5, 0.6) is 11.5 Å². The second-order valence-corrected chi connectivity index (χ2v) is 8.13. The molecule has 0 radical (unpaired) electrons. The van der Waals surface area contributed by atoms with Crippen LogP contribution in [0.2, 0.25) is 0 Å². The van der Waals surface area contributed by atoms with E-state index < -0.39 is 0 Å². The van der Waals surface area contributed by atoms with Crippen molar-refractivity contribution < 1.29 is 9.47 Å². The molecule has 4 aromatic rings. The Bertz CT molecular complexity index is 1300. The van der Waals surface area contributed by atoms with E-state index in [2.05, 4.69) is 36.6 Å². The van der Waals surface area contributed by atoms with Gasteiger partial charge in [0.25, 0.3) is 0 Å². The van der Waals surface area contributed by atoms with Gasteiger partial charge in [-0.05, 0) is 43.2 Å². The molecule has 1 heterocycles. The third-order valence-electron chi connectivity index (χ3n) is 5.15. The average molecular weight is 458 g/mol. The average Bonchev–Trinajstić information content (AvgIpc) is 3.26. The lowest BCUT2D eigenvalue weighted by Crippen LogP contribution is -2.11. The van der Waals surface area contributed by atoms with Gasteiger partial charge in [-0.3, -0.25) is 0 Å². The summed E-state index contributed by atoms with van der Waals surface area (Å²) in [5.74, 6) is 1.57. The first-order chi connectivity index (χ1) is 16.2. The number of thiazole rings is 1. The SMILES string of the molecule is CCOc1ccccc1C=Nn1c(-c2ccc(CC)cc2)csc1=Nc1cccc(OC)c1. The number of methoxy groups -OCH3 is 1. The zero-order valence-electron chi connectivity index (χ0n) is 19.1. The van der Waals surface area contributed by atoms with E-state index in [9.17, 15) is 0 Å². The molecule has 0 fully saturated rings. The first-order valence-electron chi connectivity index (χ1n) is 11.0. The van der Waals surface area contributed by atoms with E-state index in [1.165, 1.54) is 5.56 Å². The molecule has 4 rings (SSSR count). The fraction of sp³-hybridized carbons (Fsp3) is 0.185. The maximum absolute atomic E-state index is 5.76. The van der Waals surface area contributed by atoms with Crippen LogP contribution in [0.3, 0.4) is 0 Å². The molecule has 0 bridgehead atoms. The predicted octanol–water partition coefficient (Wildman–Crippen LogP) is 6.30. The smallest absolute Gasteiger partial charge is 0.211 e. The van der Waals surface area contributed by atoms with Crippen molar-refractivity contribution in [1.29, 1.82) is 0 Å². The first kappa shape index (κ1) is 22.6. The zero-order valence-corrected chi connectivity index (χ0v) is 19.9. The molecular weight excluding hydrogens is 430 g/mol. The highest BCUT2D eigenvalue weighted by Crippen LogP contribution is 2.23. The Hall–Kier alpha value is -3.64. The summed E-state index contributed by atoms with van der Waals surface area (Å²) in [7, 11) is 1.66. The number of aryl methyl sites for hydroxylation is 1. The molecule has 0 spiro atoms. The summed E-state index contributed by atoms with van der Waals surface area (Å²) in [6.07, 6.45) is 2.83. The monoisotopic (exact) mass is 457 g/mol. The molecule has 0 saturated carbocycles. The van der Waals surface area contributed by atoms with Gasteiger partial charge in [0.2, 0.25) is 4.80 Å². The van der Waals surface area contributed by atoms with Gasteiger partial charge < -0.3 is 9.47 Å². The highest BCUT2D eigenvalue weighted by atomic mass is 32.1. The number of nitrogens with zero attached hydrogens (tertiary/aromatic N) is 3. The molecule has 0 amide bonds. The normalized spacial score (nSPS) is 11.8. The molecular formula is C27H27N3O2S. The Morgan fingerprint density at radius 2 is 1.79 bits per heavy atom. The summed E-state index contributed by atoms with van der Waals surface area (Å²) < 4.78 is 13.0. The van der Waals surface area contributed by atoms with Crippen LogP contribution in [0.15, 0.2) is 88.3 Å². The van der Waals surface area contributed by atoms with E-state index in [0.717, 1.165) is 45.2 Å². The second-order valence-electron chi connectivity index (χ2n) is 7.29. The lowest BCUT2D eigenvalue weighted by atomic mass is 10.1. The Labute approximate surface area is 198 Å². The van der Waals surface area contributed by atoms with Crippen LogP contribution in [0, 0.1) is 0 Å². The minimum atomic E-state index is 0.599. The van der Waals surface area contributed by atoms with Crippen LogP contribution in [-0.2, 0) is 6.42 Å². The van der Waals surface area contributed by atoms with Gasteiger partial charge in [-0.25, -0.2) is 9.67 Å². The highest BCUT2D eigenvalue weighted by molar-refractivity contribution is 7.07. The van der Waals surface area contributed by atoms with Crippen molar-refractivity contribution in [2.75, 3.05) is 13.7 Å². The van der Waals surface area contributed by atoms with Gasteiger partial charge in [-0.15, -0.1) is 11.3 Å². The van der Waals surface area contributed by atoms with Crippen LogP contribution < -0.4 is 14.3 Å². The van der Waals surface area contributed by atoms with E-state index in [0.29, 0.717) is 6.61 Å². The number of ether oxygens (including phenoxy) is 2. The largest absolute Gasteiger partial charge is 0.497 e. The molecule has 0 saturated heterocycles. The van der Waals surface area contributed by atoms with Crippen LogP contribution >= 0.6 is 11.3 Å². The maximum Gasteiger partial charge on any atom is 0.211 e. The van der Waals surface area contributed by atoms with Crippen LogP contribution in [-0.4, -0.2) is 24.6 Å². The standard InChI is InChI=1S/C27H27N3O2S/c1-4-20-13-15-21(16-14-20)25-19-33-27(29-23-10-8-11-24(17-23)31-3)30(25)28-18-22-9-6-7-12-26(22)32-5-2/h6-19H,4-5H2,1-3H3. The van der Waals surface area contributed by atoms with Crippen molar-refractivity contribution in [3.63, 3.8) is 0 Å². The Balaban J connectivity index is 1.82. The van der Waals surface area contributed by atoms with Crippen molar-refractivity contribution in [2.24, 2.45) is 10.1 Å². The van der Waals surface area contributed by atoms with Gasteiger partial charge in [0.15, 0.2) is 0 Å². The summed E-state index contributed by atoms with van der Waals surface area (Å²) in [4.78, 5) is 5.62. The molecule has 0 aliphatic carbocycles. The third kappa shape index (κ3) is 5.41. The highest BCUT2D eigenvalue weighted by Gasteiger charge is 2.09. The fourth-order valence-corrected chi connectivity index (χ4v) is 4.24. The van der Waals surface area contributed by atoms with Gasteiger partial charge in [0.05, 0.1) is 31.3 Å². The molecule has 5 nitrogen and oxygen atoms in total. The maximum atomic E-state index is 5.76. The van der Waals surface area contributed by atoms with E-state index >= 15 is 0 Å². The number of benzene rings is 3. The summed E-state index contributed by atoms with van der Waals surface area (Å²) in [5, 5.41) is 6.92. The lowest BCUT2D eigenvalue weighted by Gasteiger charge is -2.07. The quantitative estimate of drug-likeness (QED) is 0.292. The molecule has 33 heavy (non-hydrogen) atoms. The molecule has 0 N–H and O–H groups in total. The third-order valence-corrected chi connectivity index (χ3v) is 5.97. The van der Waals surface area contributed by atoms with Crippen LogP contribution in [0.4, 0.5) is 5.69 Å². The van der Waals surface area contributed by atoms with E-state index in [-0.39, 0.29) is 0 Å². The topological polar surface area (TPSA) is 48.1 Å². The van der Waals surface area contributed by atoms with Crippen molar-refractivity contribution in [1.82, 2.24) is 4.68 Å². The van der Waals surface area contributed by atoms with Crippen molar-refractivity contribution >= 4 is 23.2 Å².